The number of fused-ring (bicyclic) bond motifs is 5. The van der Waals surface area contributed by atoms with Crippen LogP contribution in [0.25, 0.3) is 75.5 Å². The van der Waals surface area contributed by atoms with Crippen LogP contribution >= 0.6 is 11.3 Å². The average molecular weight is 730 g/mol. The van der Waals surface area contributed by atoms with Gasteiger partial charge in [0.1, 0.15) is 22.7 Å². The zero-order chi connectivity index (χ0) is 36.9. The fraction of sp³-hybridized carbons (Fsp3) is 0.0400. The van der Waals surface area contributed by atoms with Gasteiger partial charge in [0.05, 0.1) is 19.9 Å². The van der Waals surface area contributed by atoms with Crippen molar-refractivity contribution in [3.05, 3.63) is 176 Å². The summed E-state index contributed by atoms with van der Waals surface area (Å²) in [6.07, 6.45) is 0. The third-order valence-electron chi connectivity index (χ3n) is 10.4. The lowest BCUT2D eigenvalue weighted by Gasteiger charge is -2.27. The minimum Gasteiger partial charge on any atom is -0.497 e. The van der Waals surface area contributed by atoms with Crippen molar-refractivity contribution in [2.75, 3.05) is 19.1 Å². The molecule has 0 radical (unpaired) electrons. The Kier molecular flexibility index (Phi) is 8.08. The van der Waals surface area contributed by atoms with E-state index < -0.39 is 0 Å². The summed E-state index contributed by atoms with van der Waals surface area (Å²) in [7, 11) is 3.37. The molecule has 2 heterocycles. The molecule has 0 unspecified atom stereocenters. The molecule has 0 spiro atoms. The first kappa shape index (κ1) is 32.8. The molecule has 0 fully saturated rings. The van der Waals surface area contributed by atoms with E-state index in [1.165, 1.54) is 31.3 Å². The average Bonchev–Trinajstić information content (AvgIpc) is 3.86. The molecule has 10 aromatic rings. The van der Waals surface area contributed by atoms with Crippen LogP contribution in [-0.2, 0) is 0 Å². The number of hydrogen-bond acceptors (Lipinski definition) is 5. The predicted octanol–water partition coefficient (Wildman–Crippen LogP) is 14.4. The lowest BCUT2D eigenvalue weighted by atomic mass is 9.97. The highest BCUT2D eigenvalue weighted by Gasteiger charge is 2.20. The maximum atomic E-state index is 6.69. The summed E-state index contributed by atoms with van der Waals surface area (Å²) in [5.41, 5.74) is 10.3. The molecule has 55 heavy (non-hydrogen) atoms. The Morgan fingerprint density at radius 3 is 1.96 bits per heavy atom. The summed E-state index contributed by atoms with van der Waals surface area (Å²) < 4.78 is 19.4. The fourth-order valence-corrected chi connectivity index (χ4v) is 8.82. The third kappa shape index (κ3) is 5.86. The van der Waals surface area contributed by atoms with E-state index in [1.807, 2.05) is 35.6 Å². The molecular weight excluding hydrogens is 695 g/mol. The molecule has 0 saturated carbocycles. The van der Waals surface area contributed by atoms with Crippen LogP contribution in [0.15, 0.2) is 180 Å². The van der Waals surface area contributed by atoms with E-state index in [1.54, 1.807) is 14.2 Å². The molecule has 2 aromatic heterocycles. The Hall–Kier alpha value is -6.82. The van der Waals surface area contributed by atoms with Crippen molar-refractivity contribution >= 4 is 71.2 Å². The van der Waals surface area contributed by atoms with Crippen molar-refractivity contribution in [2.24, 2.45) is 0 Å². The molecule has 264 valence electrons. The second-order valence-corrected chi connectivity index (χ2v) is 14.8. The summed E-state index contributed by atoms with van der Waals surface area (Å²) in [5, 5.41) is 5.95. The van der Waals surface area contributed by atoms with Gasteiger partial charge in [-0.25, -0.2) is 0 Å². The van der Waals surface area contributed by atoms with Crippen LogP contribution in [0.5, 0.6) is 11.5 Å². The van der Waals surface area contributed by atoms with Gasteiger partial charge >= 0.3 is 0 Å². The number of hydrogen-bond donors (Lipinski definition) is 0. The molecular formula is C50H35NO3S. The first-order chi connectivity index (χ1) is 27.1. The number of para-hydroxylation sites is 1. The normalized spacial score (nSPS) is 11.5. The van der Waals surface area contributed by atoms with Crippen LogP contribution in [0.3, 0.4) is 0 Å². The number of anilines is 3. The minimum atomic E-state index is 0.715. The summed E-state index contributed by atoms with van der Waals surface area (Å²) in [4.78, 5) is 3.48. The first-order valence-electron chi connectivity index (χ1n) is 18.3. The molecule has 0 aliphatic heterocycles. The fourth-order valence-electron chi connectivity index (χ4n) is 7.73. The van der Waals surface area contributed by atoms with Crippen molar-refractivity contribution in [3.63, 3.8) is 0 Å². The molecule has 0 aliphatic rings. The second kappa shape index (κ2) is 13.5. The number of furan rings is 1. The Bertz CT molecular complexity index is 2970. The number of benzene rings is 8. The zero-order valence-corrected chi connectivity index (χ0v) is 31.1. The quantitative estimate of drug-likeness (QED) is 0.156. The highest BCUT2D eigenvalue weighted by Crippen LogP contribution is 2.46. The van der Waals surface area contributed by atoms with E-state index in [0.717, 1.165) is 61.3 Å². The summed E-state index contributed by atoms with van der Waals surface area (Å²) >= 11 is 1.82. The van der Waals surface area contributed by atoms with Gasteiger partial charge < -0.3 is 18.8 Å². The van der Waals surface area contributed by atoms with E-state index in [9.17, 15) is 0 Å². The lowest BCUT2D eigenvalue weighted by Crippen LogP contribution is -2.10. The maximum absolute atomic E-state index is 6.69. The summed E-state index contributed by atoms with van der Waals surface area (Å²) in [5.74, 6) is 1.43. The Labute approximate surface area is 323 Å². The van der Waals surface area contributed by atoms with Crippen molar-refractivity contribution in [1.29, 1.82) is 0 Å². The number of methoxy groups -OCH3 is 2. The lowest BCUT2D eigenvalue weighted by molar-refractivity contribution is 0.394. The van der Waals surface area contributed by atoms with Gasteiger partial charge in [-0.15, -0.1) is 11.3 Å². The van der Waals surface area contributed by atoms with E-state index >= 15 is 0 Å². The number of rotatable bonds is 8. The van der Waals surface area contributed by atoms with Gasteiger partial charge in [-0.05, 0) is 87.4 Å². The van der Waals surface area contributed by atoms with E-state index in [4.69, 9.17) is 13.9 Å². The summed E-state index contributed by atoms with van der Waals surface area (Å²) in [6.45, 7) is 0. The van der Waals surface area contributed by atoms with Gasteiger partial charge in [-0.2, -0.15) is 0 Å². The van der Waals surface area contributed by atoms with Crippen LogP contribution in [0, 0.1) is 0 Å². The molecule has 0 saturated heterocycles. The monoisotopic (exact) mass is 729 g/mol. The Morgan fingerprint density at radius 2 is 1.16 bits per heavy atom. The van der Waals surface area contributed by atoms with E-state index in [2.05, 4.69) is 157 Å². The predicted molar refractivity (Wildman–Crippen MR) is 231 cm³/mol. The van der Waals surface area contributed by atoms with Gasteiger partial charge in [0, 0.05) is 61.1 Å². The number of nitrogens with zero attached hydrogens (tertiary/aromatic N) is 1. The van der Waals surface area contributed by atoms with E-state index in [-0.39, 0.29) is 0 Å². The van der Waals surface area contributed by atoms with Gasteiger partial charge in [0.25, 0.3) is 0 Å². The zero-order valence-electron chi connectivity index (χ0n) is 30.3. The first-order valence-corrected chi connectivity index (χ1v) is 19.1. The number of thiophene rings is 1. The van der Waals surface area contributed by atoms with Gasteiger partial charge in [0.2, 0.25) is 0 Å². The van der Waals surface area contributed by atoms with Crippen LogP contribution in [0.2, 0.25) is 0 Å². The number of ether oxygens (including phenoxy) is 2. The molecule has 10 rings (SSSR count). The van der Waals surface area contributed by atoms with Crippen molar-refractivity contribution in [3.8, 4) is 44.2 Å². The summed E-state index contributed by atoms with van der Waals surface area (Å²) in [6, 6.07) is 62.2. The van der Waals surface area contributed by atoms with Gasteiger partial charge in [-0.3, -0.25) is 0 Å². The van der Waals surface area contributed by atoms with Crippen molar-refractivity contribution < 1.29 is 13.9 Å². The Morgan fingerprint density at radius 1 is 0.473 bits per heavy atom. The molecule has 4 nitrogen and oxygen atoms in total. The highest BCUT2D eigenvalue weighted by molar-refractivity contribution is 7.22. The highest BCUT2D eigenvalue weighted by atomic mass is 32.1. The third-order valence-corrected chi connectivity index (χ3v) is 11.6. The minimum absolute atomic E-state index is 0.715. The van der Waals surface area contributed by atoms with Crippen LogP contribution < -0.4 is 14.4 Å². The molecule has 8 aromatic carbocycles. The second-order valence-electron chi connectivity index (χ2n) is 13.7. The molecule has 0 atom stereocenters. The van der Waals surface area contributed by atoms with Gasteiger partial charge in [-0.1, -0.05) is 103 Å². The van der Waals surface area contributed by atoms with Crippen molar-refractivity contribution in [2.45, 2.75) is 0 Å². The molecule has 0 aliphatic carbocycles. The van der Waals surface area contributed by atoms with E-state index in [0.29, 0.717) is 11.5 Å². The topological polar surface area (TPSA) is 34.8 Å². The molecule has 0 bridgehead atoms. The molecule has 5 heteroatoms. The van der Waals surface area contributed by atoms with Crippen LogP contribution in [0.1, 0.15) is 0 Å². The molecule has 0 N–H and O–H groups in total. The van der Waals surface area contributed by atoms with Crippen LogP contribution in [0.4, 0.5) is 17.1 Å². The standard InChI is InChI=1S/C50H35NO3S/c1-52-41-29-40(30-42(31-41)53-2)51(39-14-9-13-35(27-39)36-19-18-32-10-3-4-11-34(32)26-36)38-22-20-33(21-23-38)43-24-25-45(48-28-37-12-5-8-17-47(37)55-48)49-44-15-6-7-16-46(44)54-50(43)49/h3-31H,1-2H3. The molecule has 0 amide bonds. The SMILES string of the molecule is COc1cc(OC)cc(N(c2ccc(-c3ccc(-c4cc5ccccc5s4)c4c3oc3ccccc34)cc2)c2cccc(-c3ccc4ccccc4c3)c2)c1. The Balaban J connectivity index is 1.10. The maximum Gasteiger partial charge on any atom is 0.143 e. The van der Waals surface area contributed by atoms with Gasteiger partial charge in [0.15, 0.2) is 0 Å². The van der Waals surface area contributed by atoms with Crippen LogP contribution in [-0.4, -0.2) is 14.2 Å². The smallest absolute Gasteiger partial charge is 0.143 e. The largest absolute Gasteiger partial charge is 0.497 e. The van der Waals surface area contributed by atoms with Crippen molar-refractivity contribution in [1.82, 2.24) is 0 Å².